The number of thioether (sulfide) groups is 1. The first-order valence-electron chi connectivity index (χ1n) is 6.94. The van der Waals surface area contributed by atoms with E-state index in [1.165, 1.54) is 0 Å². The lowest BCUT2D eigenvalue weighted by molar-refractivity contribution is -0.118. The molecule has 23 heavy (non-hydrogen) atoms. The maximum atomic E-state index is 11.4. The van der Waals surface area contributed by atoms with E-state index in [9.17, 15) is 4.79 Å². The van der Waals surface area contributed by atoms with Crippen molar-refractivity contribution in [2.24, 2.45) is 0 Å². The largest absolute Gasteiger partial charge is 0.484 e. The van der Waals surface area contributed by atoms with Gasteiger partial charge in [-0.15, -0.1) is 16.6 Å². The fraction of sp³-hybridized carbons (Fsp3) is 0.312. The number of terminal acetylenes is 1. The van der Waals surface area contributed by atoms with E-state index in [0.29, 0.717) is 11.1 Å². The highest BCUT2D eigenvalue weighted by Crippen LogP contribution is 2.21. The van der Waals surface area contributed by atoms with E-state index in [4.69, 9.17) is 15.6 Å². The first-order chi connectivity index (χ1) is 11.1. The zero-order valence-electron chi connectivity index (χ0n) is 13.0. The molecule has 0 fully saturated rings. The van der Waals surface area contributed by atoms with Crippen molar-refractivity contribution in [1.29, 1.82) is 0 Å². The molecule has 1 aromatic carbocycles. The maximum Gasteiger partial charge on any atom is 0.277 e. The van der Waals surface area contributed by atoms with Crippen LogP contribution < -0.4 is 10.1 Å². The lowest BCUT2D eigenvalue weighted by atomic mass is 10.1. The zero-order chi connectivity index (χ0) is 16.7. The van der Waals surface area contributed by atoms with Crippen molar-refractivity contribution in [2.45, 2.75) is 25.7 Å². The molecule has 2 aromatic rings. The predicted molar refractivity (Wildman–Crippen MR) is 87.1 cm³/mol. The van der Waals surface area contributed by atoms with Gasteiger partial charge in [-0.2, -0.15) is 0 Å². The van der Waals surface area contributed by atoms with Crippen LogP contribution in [0.25, 0.3) is 0 Å². The van der Waals surface area contributed by atoms with Crippen molar-refractivity contribution in [3.63, 3.8) is 0 Å². The number of hydrogen-bond donors (Lipinski definition) is 1. The molecule has 6 nitrogen and oxygen atoms in total. The molecular weight excluding hydrogens is 314 g/mol. The van der Waals surface area contributed by atoms with E-state index in [1.54, 1.807) is 0 Å². The lowest BCUT2D eigenvalue weighted by Gasteiger charge is -2.07. The zero-order valence-corrected chi connectivity index (χ0v) is 13.8. The number of aryl methyl sites for hydroxylation is 2. The SMILES string of the molecule is C#CCNC(=O)CSc1nnc(COc2cc(C)ccc2C)o1. The summed E-state index contributed by atoms with van der Waals surface area (Å²) >= 11 is 1.15. The summed E-state index contributed by atoms with van der Waals surface area (Å²) in [6, 6.07) is 5.97. The van der Waals surface area contributed by atoms with Crippen LogP contribution in [0.4, 0.5) is 0 Å². The highest BCUT2D eigenvalue weighted by Gasteiger charge is 2.10. The summed E-state index contributed by atoms with van der Waals surface area (Å²) in [7, 11) is 0. The number of ether oxygens (including phenoxy) is 1. The summed E-state index contributed by atoms with van der Waals surface area (Å²) in [4.78, 5) is 11.4. The van der Waals surface area contributed by atoms with Crippen LogP contribution in [0.3, 0.4) is 0 Å². The molecule has 0 radical (unpaired) electrons. The van der Waals surface area contributed by atoms with Crippen LogP contribution in [-0.4, -0.2) is 28.4 Å². The van der Waals surface area contributed by atoms with Gasteiger partial charge in [0.15, 0.2) is 6.61 Å². The van der Waals surface area contributed by atoms with Gasteiger partial charge in [-0.05, 0) is 31.0 Å². The Kier molecular flexibility index (Phi) is 6.06. The van der Waals surface area contributed by atoms with Crippen LogP contribution in [0.5, 0.6) is 5.75 Å². The van der Waals surface area contributed by atoms with E-state index in [-0.39, 0.29) is 24.8 Å². The van der Waals surface area contributed by atoms with Crippen LogP contribution in [0, 0.1) is 26.2 Å². The van der Waals surface area contributed by atoms with Crippen molar-refractivity contribution >= 4 is 17.7 Å². The van der Waals surface area contributed by atoms with Crippen molar-refractivity contribution < 1.29 is 13.9 Å². The van der Waals surface area contributed by atoms with Crippen LogP contribution in [-0.2, 0) is 11.4 Å². The van der Waals surface area contributed by atoms with E-state index in [1.807, 2.05) is 32.0 Å². The molecule has 0 aliphatic heterocycles. The second-order valence-electron chi connectivity index (χ2n) is 4.79. The molecule has 1 aromatic heterocycles. The Hall–Kier alpha value is -2.46. The quantitative estimate of drug-likeness (QED) is 0.618. The van der Waals surface area contributed by atoms with Crippen LogP contribution in [0.1, 0.15) is 17.0 Å². The van der Waals surface area contributed by atoms with E-state index in [0.717, 1.165) is 28.6 Å². The average molecular weight is 331 g/mol. The van der Waals surface area contributed by atoms with Gasteiger partial charge < -0.3 is 14.5 Å². The van der Waals surface area contributed by atoms with Gasteiger partial charge in [-0.1, -0.05) is 29.8 Å². The minimum Gasteiger partial charge on any atom is -0.484 e. The molecule has 1 heterocycles. The number of carbonyl (C=O) groups is 1. The van der Waals surface area contributed by atoms with Gasteiger partial charge in [0.1, 0.15) is 5.75 Å². The molecule has 1 amide bonds. The first kappa shape index (κ1) is 16.9. The van der Waals surface area contributed by atoms with Gasteiger partial charge in [0, 0.05) is 0 Å². The average Bonchev–Trinajstić information content (AvgIpc) is 2.99. The summed E-state index contributed by atoms with van der Waals surface area (Å²) in [5.41, 5.74) is 2.15. The summed E-state index contributed by atoms with van der Waals surface area (Å²) in [5, 5.41) is 10.6. The van der Waals surface area contributed by atoms with Gasteiger partial charge in [-0.25, -0.2) is 0 Å². The monoisotopic (exact) mass is 331 g/mol. The van der Waals surface area contributed by atoms with E-state index < -0.39 is 0 Å². The van der Waals surface area contributed by atoms with Crippen LogP contribution >= 0.6 is 11.8 Å². The van der Waals surface area contributed by atoms with Crippen LogP contribution in [0.15, 0.2) is 27.8 Å². The molecule has 1 N–H and O–H groups in total. The van der Waals surface area contributed by atoms with E-state index >= 15 is 0 Å². The smallest absolute Gasteiger partial charge is 0.277 e. The Labute approximate surface area is 139 Å². The Morgan fingerprint density at radius 2 is 2.26 bits per heavy atom. The summed E-state index contributed by atoms with van der Waals surface area (Å²) in [6.45, 7) is 4.36. The number of amides is 1. The molecule has 0 aliphatic carbocycles. The lowest BCUT2D eigenvalue weighted by Crippen LogP contribution is -2.25. The predicted octanol–water partition coefficient (Wildman–Crippen LogP) is 2.11. The maximum absolute atomic E-state index is 11.4. The van der Waals surface area contributed by atoms with Crippen molar-refractivity contribution in [3.05, 3.63) is 35.2 Å². The Morgan fingerprint density at radius 3 is 3.04 bits per heavy atom. The second-order valence-corrected chi connectivity index (χ2v) is 5.72. The third-order valence-corrected chi connectivity index (χ3v) is 3.68. The summed E-state index contributed by atoms with van der Waals surface area (Å²) in [5.74, 6) is 3.46. The molecule has 0 saturated carbocycles. The number of rotatable bonds is 7. The highest BCUT2D eigenvalue weighted by atomic mass is 32.2. The van der Waals surface area contributed by atoms with Gasteiger partial charge >= 0.3 is 0 Å². The van der Waals surface area contributed by atoms with Gasteiger partial charge in [0.05, 0.1) is 12.3 Å². The summed E-state index contributed by atoms with van der Waals surface area (Å²) < 4.78 is 11.1. The molecule has 7 heteroatoms. The molecule has 0 aliphatic rings. The van der Waals surface area contributed by atoms with Crippen molar-refractivity contribution in [1.82, 2.24) is 15.5 Å². The Morgan fingerprint density at radius 1 is 1.43 bits per heavy atom. The number of carbonyl (C=O) groups excluding carboxylic acids is 1. The molecule has 0 spiro atoms. The fourth-order valence-corrected chi connectivity index (χ4v) is 2.30. The number of nitrogens with one attached hydrogen (secondary N) is 1. The molecule has 0 atom stereocenters. The minimum atomic E-state index is -0.181. The third-order valence-electron chi connectivity index (χ3n) is 2.86. The molecule has 120 valence electrons. The van der Waals surface area contributed by atoms with Crippen molar-refractivity contribution in [2.75, 3.05) is 12.3 Å². The minimum absolute atomic E-state index is 0.168. The van der Waals surface area contributed by atoms with Gasteiger partial charge in [-0.3, -0.25) is 4.79 Å². The molecular formula is C16H17N3O3S. The van der Waals surface area contributed by atoms with E-state index in [2.05, 4.69) is 21.4 Å². The van der Waals surface area contributed by atoms with Crippen LogP contribution in [0.2, 0.25) is 0 Å². The number of nitrogens with zero attached hydrogens (tertiary/aromatic N) is 2. The summed E-state index contributed by atoms with van der Waals surface area (Å²) in [6.07, 6.45) is 5.06. The standard InChI is InChI=1S/C16H17N3O3S/c1-4-7-17-14(20)10-23-16-19-18-15(22-16)9-21-13-8-11(2)5-6-12(13)3/h1,5-6,8H,7,9-10H2,2-3H3,(H,17,20). The Bertz CT molecular complexity index is 722. The first-order valence-corrected chi connectivity index (χ1v) is 7.92. The fourth-order valence-electron chi connectivity index (χ4n) is 1.69. The third kappa shape index (κ3) is 5.34. The van der Waals surface area contributed by atoms with Gasteiger partial charge in [0.25, 0.3) is 11.1 Å². The molecule has 0 unspecified atom stereocenters. The highest BCUT2D eigenvalue weighted by molar-refractivity contribution is 7.99. The number of hydrogen-bond acceptors (Lipinski definition) is 6. The molecule has 0 bridgehead atoms. The topological polar surface area (TPSA) is 77.2 Å². The van der Waals surface area contributed by atoms with Gasteiger partial charge in [0.2, 0.25) is 5.91 Å². The van der Waals surface area contributed by atoms with Crippen molar-refractivity contribution in [3.8, 4) is 18.1 Å². The second kappa shape index (κ2) is 8.25. The normalized spacial score (nSPS) is 10.1. The Balaban J connectivity index is 1.84. The number of aromatic nitrogens is 2. The molecule has 0 saturated heterocycles. The molecule has 2 rings (SSSR count). The number of benzene rings is 1.